The lowest BCUT2D eigenvalue weighted by molar-refractivity contribution is 0.315. The van der Waals surface area contributed by atoms with E-state index in [0.29, 0.717) is 6.61 Å². The molecule has 0 radical (unpaired) electrons. The first-order valence-electron chi connectivity index (χ1n) is 6.72. The van der Waals surface area contributed by atoms with Crippen molar-refractivity contribution >= 4 is 0 Å². The first-order valence-corrected chi connectivity index (χ1v) is 6.72. The van der Waals surface area contributed by atoms with Crippen LogP contribution in [0, 0.1) is 0 Å². The Balaban J connectivity index is 2.26. The Hall–Kier alpha value is -2.07. The maximum atomic E-state index is 6.31. The van der Waals surface area contributed by atoms with E-state index in [4.69, 9.17) is 15.2 Å². The average Bonchev–Trinajstić information content (AvgIpc) is 2.52. The van der Waals surface area contributed by atoms with Gasteiger partial charge in [-0.3, -0.25) is 4.98 Å². The van der Waals surface area contributed by atoms with Crippen molar-refractivity contribution in [2.24, 2.45) is 5.73 Å². The minimum Gasteiger partial charge on any atom is -0.496 e. The van der Waals surface area contributed by atoms with Crippen LogP contribution in [-0.4, -0.2) is 18.7 Å². The second-order valence-electron chi connectivity index (χ2n) is 4.52. The molecule has 20 heavy (non-hydrogen) atoms. The molecule has 2 N–H and O–H groups in total. The monoisotopic (exact) mass is 272 g/mol. The lowest BCUT2D eigenvalue weighted by Gasteiger charge is -2.16. The third-order valence-electron chi connectivity index (χ3n) is 3.04. The number of hydrogen-bond donors (Lipinski definition) is 1. The molecule has 0 saturated carbocycles. The molecule has 0 spiro atoms. The Bertz CT molecular complexity index is 558. The second kappa shape index (κ2) is 6.91. The Morgan fingerprint density at radius 2 is 2.05 bits per heavy atom. The molecular weight excluding hydrogens is 252 g/mol. The number of aromatic nitrogens is 1. The van der Waals surface area contributed by atoms with Gasteiger partial charge in [0, 0.05) is 11.8 Å². The predicted molar refractivity (Wildman–Crippen MR) is 79.0 cm³/mol. The number of methoxy groups -OCH3 is 1. The maximum Gasteiger partial charge on any atom is 0.137 e. The van der Waals surface area contributed by atoms with E-state index in [1.807, 2.05) is 30.3 Å². The van der Waals surface area contributed by atoms with Crippen LogP contribution in [0.25, 0.3) is 0 Å². The number of benzene rings is 1. The third kappa shape index (κ3) is 3.27. The standard InChI is InChI=1S/C16H20N2O2/c1-3-8-20-13-9-12(10-18-11-13)16(17)14-6-4-5-7-15(14)19-2/h4-7,9-11,16H,3,8,17H2,1-2H3. The summed E-state index contributed by atoms with van der Waals surface area (Å²) in [6.07, 6.45) is 4.42. The molecule has 4 heteroatoms. The van der Waals surface area contributed by atoms with Crippen LogP contribution in [0.3, 0.4) is 0 Å². The van der Waals surface area contributed by atoms with Crippen LogP contribution in [0.2, 0.25) is 0 Å². The predicted octanol–water partition coefficient (Wildman–Crippen LogP) is 2.93. The van der Waals surface area contributed by atoms with Crippen LogP contribution in [0.5, 0.6) is 11.5 Å². The molecule has 0 aliphatic rings. The molecule has 1 unspecified atom stereocenters. The highest BCUT2D eigenvalue weighted by atomic mass is 16.5. The summed E-state index contributed by atoms with van der Waals surface area (Å²) in [6, 6.07) is 9.38. The minimum atomic E-state index is -0.288. The van der Waals surface area contributed by atoms with Gasteiger partial charge in [0.25, 0.3) is 0 Å². The number of rotatable bonds is 6. The van der Waals surface area contributed by atoms with E-state index in [9.17, 15) is 0 Å². The van der Waals surface area contributed by atoms with Crippen molar-refractivity contribution in [2.75, 3.05) is 13.7 Å². The zero-order chi connectivity index (χ0) is 14.4. The molecule has 0 bridgehead atoms. The van der Waals surface area contributed by atoms with E-state index < -0.39 is 0 Å². The van der Waals surface area contributed by atoms with E-state index >= 15 is 0 Å². The SMILES string of the molecule is CCCOc1cncc(C(N)c2ccccc2OC)c1. The smallest absolute Gasteiger partial charge is 0.137 e. The van der Waals surface area contributed by atoms with Crippen LogP contribution in [0.4, 0.5) is 0 Å². The highest BCUT2D eigenvalue weighted by molar-refractivity contribution is 5.41. The number of pyridine rings is 1. The van der Waals surface area contributed by atoms with Crippen LogP contribution < -0.4 is 15.2 Å². The molecule has 0 fully saturated rings. The van der Waals surface area contributed by atoms with Gasteiger partial charge in [0.05, 0.1) is 26.0 Å². The van der Waals surface area contributed by atoms with E-state index in [0.717, 1.165) is 29.0 Å². The van der Waals surface area contributed by atoms with E-state index in [2.05, 4.69) is 11.9 Å². The first-order chi connectivity index (χ1) is 9.76. The first kappa shape index (κ1) is 14.3. The number of nitrogens with zero attached hydrogens (tertiary/aromatic N) is 1. The average molecular weight is 272 g/mol. The molecule has 2 rings (SSSR count). The topological polar surface area (TPSA) is 57.4 Å². The molecule has 0 aliphatic carbocycles. The van der Waals surface area contributed by atoms with Crippen molar-refractivity contribution in [3.8, 4) is 11.5 Å². The zero-order valence-corrected chi connectivity index (χ0v) is 11.9. The van der Waals surface area contributed by atoms with Gasteiger partial charge in [-0.25, -0.2) is 0 Å². The fraction of sp³-hybridized carbons (Fsp3) is 0.312. The minimum absolute atomic E-state index is 0.288. The highest BCUT2D eigenvalue weighted by Crippen LogP contribution is 2.28. The largest absolute Gasteiger partial charge is 0.496 e. The van der Waals surface area contributed by atoms with Gasteiger partial charge in [-0.05, 0) is 24.1 Å². The summed E-state index contributed by atoms with van der Waals surface area (Å²) in [5.41, 5.74) is 8.16. The number of nitrogens with two attached hydrogens (primary N) is 1. The van der Waals surface area contributed by atoms with Gasteiger partial charge in [-0.15, -0.1) is 0 Å². The van der Waals surface area contributed by atoms with Crippen LogP contribution >= 0.6 is 0 Å². The van der Waals surface area contributed by atoms with Crippen molar-refractivity contribution < 1.29 is 9.47 Å². The second-order valence-corrected chi connectivity index (χ2v) is 4.52. The van der Waals surface area contributed by atoms with Crippen molar-refractivity contribution in [3.05, 3.63) is 53.9 Å². The Kier molecular flexibility index (Phi) is 4.96. The summed E-state index contributed by atoms with van der Waals surface area (Å²) < 4.78 is 10.9. The van der Waals surface area contributed by atoms with Gasteiger partial charge >= 0.3 is 0 Å². The van der Waals surface area contributed by atoms with Gasteiger partial charge in [0.1, 0.15) is 11.5 Å². The summed E-state index contributed by atoms with van der Waals surface area (Å²) in [6.45, 7) is 2.74. The summed E-state index contributed by atoms with van der Waals surface area (Å²) in [5, 5.41) is 0. The molecule has 1 atom stereocenters. The fourth-order valence-electron chi connectivity index (χ4n) is 2.01. The van der Waals surface area contributed by atoms with E-state index in [-0.39, 0.29) is 6.04 Å². The molecule has 2 aromatic rings. The van der Waals surface area contributed by atoms with Gasteiger partial charge in [-0.1, -0.05) is 25.1 Å². The molecule has 1 aromatic carbocycles. The molecule has 4 nitrogen and oxygen atoms in total. The van der Waals surface area contributed by atoms with Crippen molar-refractivity contribution in [1.82, 2.24) is 4.98 Å². The molecule has 0 saturated heterocycles. The summed E-state index contributed by atoms with van der Waals surface area (Å²) in [4.78, 5) is 4.19. The number of ether oxygens (including phenoxy) is 2. The molecule has 1 aromatic heterocycles. The summed E-state index contributed by atoms with van der Waals surface area (Å²) >= 11 is 0. The van der Waals surface area contributed by atoms with Gasteiger partial charge in [0.15, 0.2) is 0 Å². The van der Waals surface area contributed by atoms with Crippen molar-refractivity contribution in [3.63, 3.8) is 0 Å². The third-order valence-corrected chi connectivity index (χ3v) is 3.04. The van der Waals surface area contributed by atoms with Crippen LogP contribution in [-0.2, 0) is 0 Å². The maximum absolute atomic E-state index is 6.31. The number of hydrogen-bond acceptors (Lipinski definition) is 4. The normalized spacial score (nSPS) is 11.9. The van der Waals surface area contributed by atoms with Crippen LogP contribution in [0.1, 0.15) is 30.5 Å². The Morgan fingerprint density at radius 1 is 1.25 bits per heavy atom. The van der Waals surface area contributed by atoms with E-state index in [1.54, 1.807) is 19.5 Å². The Labute approximate surface area is 119 Å². The zero-order valence-electron chi connectivity index (χ0n) is 11.9. The lowest BCUT2D eigenvalue weighted by atomic mass is 10.00. The molecular formula is C16H20N2O2. The molecule has 1 heterocycles. The van der Waals surface area contributed by atoms with Gasteiger partial charge < -0.3 is 15.2 Å². The molecule has 0 aliphatic heterocycles. The van der Waals surface area contributed by atoms with Gasteiger partial charge in [0.2, 0.25) is 0 Å². The summed E-state index contributed by atoms with van der Waals surface area (Å²) in [5.74, 6) is 1.52. The lowest BCUT2D eigenvalue weighted by Crippen LogP contribution is -2.13. The van der Waals surface area contributed by atoms with Gasteiger partial charge in [-0.2, -0.15) is 0 Å². The van der Waals surface area contributed by atoms with Crippen molar-refractivity contribution in [1.29, 1.82) is 0 Å². The van der Waals surface area contributed by atoms with Crippen LogP contribution in [0.15, 0.2) is 42.7 Å². The Morgan fingerprint density at radius 3 is 2.80 bits per heavy atom. The molecule has 106 valence electrons. The highest BCUT2D eigenvalue weighted by Gasteiger charge is 2.14. The summed E-state index contributed by atoms with van der Waals surface area (Å²) in [7, 11) is 1.64. The molecule has 0 amide bonds. The van der Waals surface area contributed by atoms with E-state index in [1.165, 1.54) is 0 Å². The number of para-hydroxylation sites is 1. The van der Waals surface area contributed by atoms with Crippen molar-refractivity contribution in [2.45, 2.75) is 19.4 Å². The fourth-order valence-corrected chi connectivity index (χ4v) is 2.01. The quantitative estimate of drug-likeness (QED) is 0.878.